The van der Waals surface area contributed by atoms with Crippen molar-refractivity contribution in [2.45, 2.75) is 18.5 Å². The van der Waals surface area contributed by atoms with Gasteiger partial charge in [0.15, 0.2) is 0 Å². The third-order valence-electron chi connectivity index (χ3n) is 3.73. The smallest absolute Gasteiger partial charge is 0.244 e. The van der Waals surface area contributed by atoms with Crippen molar-refractivity contribution in [2.75, 3.05) is 0 Å². The third kappa shape index (κ3) is 2.85. The molecule has 1 aliphatic rings. The Morgan fingerprint density at radius 3 is 2.41 bits per heavy atom. The van der Waals surface area contributed by atoms with E-state index in [0.29, 0.717) is 15.7 Å². The van der Waals surface area contributed by atoms with Gasteiger partial charge in [0.05, 0.1) is 11.6 Å². The topological polar surface area (TPSA) is 71.1 Å². The minimum absolute atomic E-state index is 0.351. The second kappa shape index (κ2) is 5.47. The number of benzene rings is 1. The van der Waals surface area contributed by atoms with E-state index in [2.05, 4.69) is 14.4 Å². The highest BCUT2D eigenvalue weighted by atomic mass is 35.5. The summed E-state index contributed by atoms with van der Waals surface area (Å²) in [6.45, 7) is 1.80. The van der Waals surface area contributed by atoms with E-state index in [9.17, 15) is 8.42 Å². The molecule has 0 aliphatic carbocycles. The first kappa shape index (κ1) is 15.7. The molecule has 2 N–H and O–H groups in total. The second-order valence-electron chi connectivity index (χ2n) is 5.28. The zero-order chi connectivity index (χ0) is 16.0. The first-order valence-corrected chi connectivity index (χ1v) is 8.73. The van der Waals surface area contributed by atoms with Crippen LogP contribution in [0.2, 0.25) is 10.2 Å². The Morgan fingerprint density at radius 1 is 1.14 bits per heavy atom. The van der Waals surface area contributed by atoms with E-state index in [-0.39, 0.29) is 0 Å². The van der Waals surface area contributed by atoms with Crippen LogP contribution in [0.5, 0.6) is 0 Å². The van der Waals surface area contributed by atoms with Crippen molar-refractivity contribution >= 4 is 33.4 Å². The van der Waals surface area contributed by atoms with Gasteiger partial charge >= 0.3 is 0 Å². The lowest BCUT2D eigenvalue weighted by Gasteiger charge is -2.29. The summed E-state index contributed by atoms with van der Waals surface area (Å²) in [4.78, 5) is 4.04. The highest BCUT2D eigenvalue weighted by Gasteiger charge is 2.48. The first-order valence-electron chi connectivity index (χ1n) is 6.49. The number of halogens is 2. The summed E-state index contributed by atoms with van der Waals surface area (Å²) >= 11 is 11.7. The van der Waals surface area contributed by atoms with Crippen molar-refractivity contribution in [2.24, 2.45) is 0 Å². The number of pyridine rings is 1. The van der Waals surface area contributed by atoms with Crippen LogP contribution in [0.3, 0.4) is 0 Å². The molecule has 2 heterocycles. The quantitative estimate of drug-likeness (QED) is 0.811. The molecule has 2 unspecified atom stereocenters. The summed E-state index contributed by atoms with van der Waals surface area (Å²) in [5.41, 5.74) is 0.630. The van der Waals surface area contributed by atoms with E-state index < -0.39 is 21.8 Å². The SMILES string of the molecule is CC1(c2ccc(Cl)nc2)NS(=O)(=O)NC1c1ccc(Cl)cc1. The first-order chi connectivity index (χ1) is 10.3. The van der Waals surface area contributed by atoms with Gasteiger partial charge in [0.25, 0.3) is 10.2 Å². The molecule has 1 aromatic heterocycles. The Hall–Kier alpha value is -1.18. The van der Waals surface area contributed by atoms with Crippen LogP contribution in [-0.2, 0) is 15.7 Å². The molecule has 0 saturated carbocycles. The van der Waals surface area contributed by atoms with Crippen LogP contribution >= 0.6 is 23.2 Å². The minimum Gasteiger partial charge on any atom is -0.244 e. The van der Waals surface area contributed by atoms with Gasteiger partial charge in [-0.05, 0) is 36.2 Å². The van der Waals surface area contributed by atoms with Gasteiger partial charge in [-0.15, -0.1) is 0 Å². The summed E-state index contributed by atoms with van der Waals surface area (Å²) < 4.78 is 29.4. The molecule has 1 aliphatic heterocycles. The Balaban J connectivity index is 2.10. The fourth-order valence-electron chi connectivity index (χ4n) is 2.61. The fourth-order valence-corrected chi connectivity index (χ4v) is 4.38. The fraction of sp³-hybridized carbons (Fsp3) is 0.214. The highest BCUT2D eigenvalue weighted by Crippen LogP contribution is 2.40. The molecule has 0 spiro atoms. The Morgan fingerprint density at radius 2 is 1.82 bits per heavy atom. The predicted octanol–water partition coefficient (Wildman–Crippen LogP) is 2.78. The number of hydrogen-bond donors (Lipinski definition) is 2. The van der Waals surface area contributed by atoms with Gasteiger partial charge in [-0.2, -0.15) is 17.9 Å². The van der Waals surface area contributed by atoms with Gasteiger partial charge in [0.2, 0.25) is 0 Å². The lowest BCUT2D eigenvalue weighted by molar-refractivity contribution is 0.378. The molecule has 1 aromatic carbocycles. The van der Waals surface area contributed by atoms with Crippen LogP contribution in [-0.4, -0.2) is 13.4 Å². The maximum absolute atomic E-state index is 12.0. The van der Waals surface area contributed by atoms with E-state index >= 15 is 0 Å². The van der Waals surface area contributed by atoms with Gasteiger partial charge in [-0.3, -0.25) is 0 Å². The zero-order valence-electron chi connectivity index (χ0n) is 11.5. The summed E-state index contributed by atoms with van der Waals surface area (Å²) in [5.74, 6) is 0. The largest absolute Gasteiger partial charge is 0.278 e. The van der Waals surface area contributed by atoms with Crippen molar-refractivity contribution in [3.63, 3.8) is 0 Å². The normalized spacial score (nSPS) is 27.0. The molecule has 1 saturated heterocycles. The van der Waals surface area contributed by atoms with E-state index in [1.807, 2.05) is 0 Å². The Bertz CT molecular complexity index is 794. The van der Waals surface area contributed by atoms with Gasteiger partial charge in [-0.25, -0.2) is 4.98 Å². The van der Waals surface area contributed by atoms with E-state index in [1.54, 1.807) is 49.5 Å². The number of hydrogen-bond acceptors (Lipinski definition) is 3. The van der Waals surface area contributed by atoms with Gasteiger partial charge < -0.3 is 0 Å². The van der Waals surface area contributed by atoms with Crippen LogP contribution in [0.25, 0.3) is 0 Å². The van der Waals surface area contributed by atoms with Crippen LogP contribution < -0.4 is 9.44 Å². The average molecular weight is 358 g/mol. The van der Waals surface area contributed by atoms with Gasteiger partial charge in [0, 0.05) is 11.2 Å². The molecule has 8 heteroatoms. The van der Waals surface area contributed by atoms with Crippen molar-refractivity contribution in [3.8, 4) is 0 Å². The van der Waals surface area contributed by atoms with E-state index in [4.69, 9.17) is 23.2 Å². The number of nitrogens with zero attached hydrogens (tertiary/aromatic N) is 1. The number of rotatable bonds is 2. The van der Waals surface area contributed by atoms with Crippen LogP contribution in [0.15, 0.2) is 42.6 Å². The minimum atomic E-state index is -3.61. The average Bonchev–Trinajstić information content (AvgIpc) is 2.71. The molecule has 116 valence electrons. The lowest BCUT2D eigenvalue weighted by atomic mass is 9.83. The Labute approximate surface area is 138 Å². The highest BCUT2D eigenvalue weighted by molar-refractivity contribution is 7.87. The third-order valence-corrected chi connectivity index (χ3v) is 5.44. The molecular formula is C14H13Cl2N3O2S. The molecule has 1 fully saturated rings. The van der Waals surface area contributed by atoms with Crippen molar-refractivity contribution < 1.29 is 8.42 Å². The zero-order valence-corrected chi connectivity index (χ0v) is 13.9. The molecule has 5 nitrogen and oxygen atoms in total. The van der Waals surface area contributed by atoms with Crippen LogP contribution in [0.1, 0.15) is 24.1 Å². The van der Waals surface area contributed by atoms with E-state index in [0.717, 1.165) is 5.56 Å². The van der Waals surface area contributed by atoms with E-state index in [1.165, 1.54) is 0 Å². The molecule has 2 aromatic rings. The standard InChI is InChI=1S/C14H13Cl2N3O2S/c1-14(10-4-7-12(16)17-8-10)13(18-22(20,21)19-14)9-2-5-11(15)6-3-9/h2-8,13,18-19H,1H3. The summed E-state index contributed by atoms with van der Waals surface area (Å²) in [6.07, 6.45) is 1.57. The predicted molar refractivity (Wildman–Crippen MR) is 86.0 cm³/mol. The maximum Gasteiger partial charge on any atom is 0.278 e. The van der Waals surface area contributed by atoms with Gasteiger partial charge in [0.1, 0.15) is 5.15 Å². The molecule has 22 heavy (non-hydrogen) atoms. The van der Waals surface area contributed by atoms with Crippen molar-refractivity contribution in [1.29, 1.82) is 0 Å². The second-order valence-corrected chi connectivity index (χ2v) is 7.55. The summed E-state index contributed by atoms with van der Waals surface area (Å²) in [7, 11) is -3.61. The van der Waals surface area contributed by atoms with Crippen LogP contribution in [0, 0.1) is 0 Å². The number of aromatic nitrogens is 1. The van der Waals surface area contributed by atoms with Gasteiger partial charge in [-0.1, -0.05) is 41.4 Å². The molecule has 0 amide bonds. The Kier molecular flexibility index (Phi) is 3.91. The summed E-state index contributed by atoms with van der Waals surface area (Å²) in [5, 5.41) is 0.941. The number of nitrogens with one attached hydrogen (secondary N) is 2. The van der Waals surface area contributed by atoms with Crippen molar-refractivity contribution in [3.05, 3.63) is 63.9 Å². The van der Waals surface area contributed by atoms with Crippen LogP contribution in [0.4, 0.5) is 0 Å². The van der Waals surface area contributed by atoms with Crippen molar-refractivity contribution in [1.82, 2.24) is 14.4 Å². The molecular weight excluding hydrogens is 345 g/mol. The maximum atomic E-state index is 12.0. The molecule has 3 rings (SSSR count). The molecule has 2 atom stereocenters. The molecule has 0 bridgehead atoms. The molecule has 0 radical (unpaired) electrons. The monoisotopic (exact) mass is 357 g/mol. The lowest BCUT2D eigenvalue weighted by Crippen LogP contribution is -2.39. The summed E-state index contributed by atoms with van der Waals surface area (Å²) in [6, 6.07) is 9.95.